The minimum Gasteiger partial charge on any atom is -0.478 e. The van der Waals surface area contributed by atoms with Gasteiger partial charge in [-0.15, -0.1) is 0 Å². The predicted octanol–water partition coefficient (Wildman–Crippen LogP) is 2.15. The van der Waals surface area contributed by atoms with E-state index in [0.717, 1.165) is 18.2 Å². The molecule has 8 nitrogen and oxygen atoms in total. The van der Waals surface area contributed by atoms with Crippen LogP contribution in [0, 0.1) is 0 Å². The zero-order chi connectivity index (χ0) is 18.0. The standard InChI is InChI=1S/C16H10O8/c17-13(18)9-5-4-7(6-11(9)15(21)22)8-2-1-3-10(14(19)20)12(8)16(23)24/h1-6H,(H,17,18)(H,19,20)(H,21,22)(H,23,24). The van der Waals surface area contributed by atoms with Crippen molar-refractivity contribution in [1.29, 1.82) is 0 Å². The molecule has 0 unspecified atom stereocenters. The molecule has 2 aromatic carbocycles. The molecule has 0 aromatic heterocycles. The van der Waals surface area contributed by atoms with Crippen molar-refractivity contribution in [3.63, 3.8) is 0 Å². The molecule has 24 heavy (non-hydrogen) atoms. The number of hydrogen-bond acceptors (Lipinski definition) is 4. The molecule has 0 aliphatic carbocycles. The second-order valence-corrected chi connectivity index (χ2v) is 4.71. The van der Waals surface area contributed by atoms with Crippen LogP contribution in [0.3, 0.4) is 0 Å². The molecule has 0 amide bonds. The van der Waals surface area contributed by atoms with Crippen LogP contribution < -0.4 is 0 Å². The topological polar surface area (TPSA) is 149 Å². The van der Waals surface area contributed by atoms with E-state index in [1.807, 2.05) is 0 Å². The summed E-state index contributed by atoms with van der Waals surface area (Å²) < 4.78 is 0. The van der Waals surface area contributed by atoms with E-state index in [1.165, 1.54) is 18.2 Å². The molecule has 8 heteroatoms. The van der Waals surface area contributed by atoms with Crippen LogP contribution in [-0.4, -0.2) is 44.3 Å². The first-order chi connectivity index (χ1) is 11.2. The van der Waals surface area contributed by atoms with Gasteiger partial charge in [-0.1, -0.05) is 18.2 Å². The fourth-order valence-electron chi connectivity index (χ4n) is 2.28. The summed E-state index contributed by atoms with van der Waals surface area (Å²) in [6, 6.07) is 7.00. The lowest BCUT2D eigenvalue weighted by Crippen LogP contribution is -2.11. The Kier molecular flexibility index (Phi) is 4.32. The lowest BCUT2D eigenvalue weighted by atomic mass is 9.93. The van der Waals surface area contributed by atoms with E-state index in [-0.39, 0.29) is 11.1 Å². The van der Waals surface area contributed by atoms with Gasteiger partial charge in [-0.05, 0) is 29.3 Å². The zero-order valence-electron chi connectivity index (χ0n) is 11.9. The third-order valence-electron chi connectivity index (χ3n) is 3.30. The van der Waals surface area contributed by atoms with Crippen molar-refractivity contribution >= 4 is 23.9 Å². The lowest BCUT2D eigenvalue weighted by molar-refractivity contribution is 0.0651. The molecular formula is C16H10O8. The van der Waals surface area contributed by atoms with Crippen LogP contribution in [0.25, 0.3) is 11.1 Å². The Balaban J connectivity index is 2.78. The van der Waals surface area contributed by atoms with Gasteiger partial charge in [-0.25, -0.2) is 19.2 Å². The highest BCUT2D eigenvalue weighted by atomic mass is 16.4. The molecule has 0 saturated carbocycles. The van der Waals surface area contributed by atoms with Gasteiger partial charge < -0.3 is 20.4 Å². The molecule has 0 aliphatic rings. The minimum atomic E-state index is -1.50. The Labute approximate surface area is 134 Å². The number of hydrogen-bond donors (Lipinski definition) is 4. The zero-order valence-corrected chi connectivity index (χ0v) is 11.9. The third kappa shape index (κ3) is 2.93. The molecule has 122 valence electrons. The quantitative estimate of drug-likeness (QED) is 0.651. The van der Waals surface area contributed by atoms with E-state index in [9.17, 15) is 24.3 Å². The summed E-state index contributed by atoms with van der Waals surface area (Å²) in [5, 5.41) is 36.5. The lowest BCUT2D eigenvalue weighted by Gasteiger charge is -2.11. The van der Waals surface area contributed by atoms with Crippen molar-refractivity contribution in [2.75, 3.05) is 0 Å². The van der Waals surface area contributed by atoms with E-state index < -0.39 is 46.1 Å². The summed E-state index contributed by atoms with van der Waals surface area (Å²) in [6.07, 6.45) is 0. The molecule has 0 radical (unpaired) electrons. The maximum atomic E-state index is 11.4. The molecule has 0 saturated heterocycles. The van der Waals surface area contributed by atoms with E-state index in [4.69, 9.17) is 15.3 Å². The average Bonchev–Trinajstić information content (AvgIpc) is 2.53. The van der Waals surface area contributed by atoms with Crippen LogP contribution in [0.15, 0.2) is 36.4 Å². The number of carbonyl (C=O) groups is 4. The van der Waals surface area contributed by atoms with E-state index >= 15 is 0 Å². The van der Waals surface area contributed by atoms with Gasteiger partial charge in [0.15, 0.2) is 0 Å². The molecule has 0 atom stereocenters. The number of aromatic carboxylic acids is 4. The van der Waals surface area contributed by atoms with Crippen LogP contribution in [0.4, 0.5) is 0 Å². The number of benzene rings is 2. The normalized spacial score (nSPS) is 10.2. The predicted molar refractivity (Wildman–Crippen MR) is 79.7 cm³/mol. The van der Waals surface area contributed by atoms with E-state index in [0.29, 0.717) is 0 Å². The van der Waals surface area contributed by atoms with Crippen molar-refractivity contribution in [1.82, 2.24) is 0 Å². The third-order valence-corrected chi connectivity index (χ3v) is 3.30. The largest absolute Gasteiger partial charge is 0.478 e. The minimum absolute atomic E-state index is 0.0261. The second kappa shape index (κ2) is 6.21. The first-order valence-corrected chi connectivity index (χ1v) is 6.44. The Hall–Kier alpha value is -3.68. The van der Waals surface area contributed by atoms with Crippen LogP contribution in [0.2, 0.25) is 0 Å². The maximum absolute atomic E-state index is 11.4. The SMILES string of the molecule is O=C(O)c1ccc(-c2cccc(C(=O)O)c2C(=O)O)cc1C(=O)O. The molecule has 0 spiro atoms. The monoisotopic (exact) mass is 330 g/mol. The van der Waals surface area contributed by atoms with Gasteiger partial charge >= 0.3 is 23.9 Å². The van der Waals surface area contributed by atoms with Crippen LogP contribution in [0.1, 0.15) is 41.4 Å². The molecule has 4 N–H and O–H groups in total. The summed E-state index contributed by atoms with van der Waals surface area (Å²) in [7, 11) is 0. The first kappa shape index (κ1) is 16.7. The maximum Gasteiger partial charge on any atom is 0.337 e. The molecular weight excluding hydrogens is 320 g/mol. The summed E-state index contributed by atoms with van der Waals surface area (Å²) in [5.41, 5.74) is -1.90. The van der Waals surface area contributed by atoms with Crippen molar-refractivity contribution in [2.24, 2.45) is 0 Å². The van der Waals surface area contributed by atoms with Crippen LogP contribution >= 0.6 is 0 Å². The van der Waals surface area contributed by atoms with Gasteiger partial charge in [0.2, 0.25) is 0 Å². The smallest absolute Gasteiger partial charge is 0.337 e. The summed E-state index contributed by atoms with van der Waals surface area (Å²) in [4.78, 5) is 44.9. The summed E-state index contributed by atoms with van der Waals surface area (Å²) >= 11 is 0. The Morgan fingerprint density at radius 1 is 0.625 bits per heavy atom. The fourth-order valence-corrected chi connectivity index (χ4v) is 2.28. The van der Waals surface area contributed by atoms with Crippen LogP contribution in [0.5, 0.6) is 0 Å². The molecule has 0 fully saturated rings. The van der Waals surface area contributed by atoms with Gasteiger partial charge in [-0.3, -0.25) is 0 Å². The second-order valence-electron chi connectivity index (χ2n) is 4.71. The van der Waals surface area contributed by atoms with Gasteiger partial charge in [-0.2, -0.15) is 0 Å². The average molecular weight is 330 g/mol. The first-order valence-electron chi connectivity index (χ1n) is 6.44. The number of carboxylic acids is 4. The van der Waals surface area contributed by atoms with Gasteiger partial charge in [0.05, 0.1) is 22.3 Å². The summed E-state index contributed by atoms with van der Waals surface area (Å²) in [5.74, 6) is -5.89. The van der Waals surface area contributed by atoms with E-state index in [1.54, 1.807) is 0 Å². The van der Waals surface area contributed by atoms with Crippen LogP contribution in [-0.2, 0) is 0 Å². The number of rotatable bonds is 5. The van der Waals surface area contributed by atoms with Crippen molar-refractivity contribution in [3.05, 3.63) is 58.7 Å². The Morgan fingerprint density at radius 3 is 1.71 bits per heavy atom. The Bertz CT molecular complexity index is 882. The highest BCUT2D eigenvalue weighted by Gasteiger charge is 2.23. The van der Waals surface area contributed by atoms with Gasteiger partial charge in [0.1, 0.15) is 0 Å². The van der Waals surface area contributed by atoms with Gasteiger partial charge in [0.25, 0.3) is 0 Å². The molecule has 0 heterocycles. The summed E-state index contributed by atoms with van der Waals surface area (Å²) in [6.45, 7) is 0. The molecule has 2 aromatic rings. The van der Waals surface area contributed by atoms with Crippen molar-refractivity contribution in [2.45, 2.75) is 0 Å². The van der Waals surface area contributed by atoms with Gasteiger partial charge in [0, 0.05) is 0 Å². The fraction of sp³-hybridized carbons (Fsp3) is 0. The molecule has 0 bridgehead atoms. The van der Waals surface area contributed by atoms with Crippen molar-refractivity contribution in [3.8, 4) is 11.1 Å². The highest BCUT2D eigenvalue weighted by molar-refractivity contribution is 6.08. The molecule has 0 aliphatic heterocycles. The van der Waals surface area contributed by atoms with Crippen molar-refractivity contribution < 1.29 is 39.6 Å². The Morgan fingerprint density at radius 2 is 1.21 bits per heavy atom. The number of carboxylic acid groups (broad SMARTS) is 4. The van der Waals surface area contributed by atoms with E-state index in [2.05, 4.69) is 0 Å². The highest BCUT2D eigenvalue weighted by Crippen LogP contribution is 2.28. The molecule has 2 rings (SSSR count).